The number of hydrogen-bond acceptors (Lipinski definition) is 3. The first-order valence-corrected chi connectivity index (χ1v) is 9.73. The summed E-state index contributed by atoms with van der Waals surface area (Å²) in [6.45, 7) is 4.46. The van der Waals surface area contributed by atoms with Gasteiger partial charge in [0.15, 0.2) is 0 Å². The summed E-state index contributed by atoms with van der Waals surface area (Å²) >= 11 is 0. The number of piperidine rings is 1. The van der Waals surface area contributed by atoms with E-state index in [0.29, 0.717) is 5.92 Å². The Kier molecular flexibility index (Phi) is 3.90. The van der Waals surface area contributed by atoms with Gasteiger partial charge in [0, 0.05) is 35.9 Å². The van der Waals surface area contributed by atoms with Gasteiger partial charge in [-0.3, -0.25) is 0 Å². The van der Waals surface area contributed by atoms with Gasteiger partial charge in [-0.2, -0.15) is 0 Å². The van der Waals surface area contributed by atoms with Crippen LogP contribution in [-0.4, -0.2) is 35.1 Å². The van der Waals surface area contributed by atoms with Crippen LogP contribution in [0, 0.1) is 6.92 Å². The molecule has 4 aromatic rings. The van der Waals surface area contributed by atoms with Gasteiger partial charge in [0.05, 0.1) is 16.8 Å². The molecule has 5 nitrogen and oxygen atoms in total. The Morgan fingerprint density at radius 3 is 2.81 bits per heavy atom. The predicted molar refractivity (Wildman–Crippen MR) is 113 cm³/mol. The van der Waals surface area contributed by atoms with Gasteiger partial charge in [0.1, 0.15) is 5.65 Å². The zero-order valence-corrected chi connectivity index (χ0v) is 15.8. The summed E-state index contributed by atoms with van der Waals surface area (Å²) in [5.74, 6) is 0.668. The third-order valence-corrected chi connectivity index (χ3v) is 6.01. The molecule has 5 heteroatoms. The van der Waals surface area contributed by atoms with Gasteiger partial charge in [-0.05, 0) is 68.1 Å². The van der Waals surface area contributed by atoms with Crippen LogP contribution in [-0.2, 0) is 0 Å². The fourth-order valence-electron chi connectivity index (χ4n) is 4.48. The van der Waals surface area contributed by atoms with E-state index in [9.17, 15) is 0 Å². The third-order valence-electron chi connectivity index (χ3n) is 6.01. The Morgan fingerprint density at radius 2 is 2.00 bits per heavy atom. The second-order valence-corrected chi connectivity index (χ2v) is 7.49. The molecule has 3 aromatic heterocycles. The SMILES string of the molecule is CNc1c[nH]c2nccc(-c3[nH]c4ccc(C5CCNCC5)cc4c3C)c12. The molecule has 0 saturated carbocycles. The number of fused-ring (bicyclic) bond motifs is 2. The molecule has 4 heterocycles. The molecule has 0 amide bonds. The first-order valence-electron chi connectivity index (χ1n) is 9.73. The Labute approximate surface area is 158 Å². The van der Waals surface area contributed by atoms with E-state index in [2.05, 4.69) is 56.8 Å². The highest BCUT2D eigenvalue weighted by molar-refractivity contribution is 6.04. The van der Waals surface area contributed by atoms with E-state index in [1.165, 1.54) is 46.1 Å². The van der Waals surface area contributed by atoms with E-state index < -0.39 is 0 Å². The van der Waals surface area contributed by atoms with E-state index in [0.717, 1.165) is 29.8 Å². The molecule has 0 bridgehead atoms. The number of aryl methyl sites for hydroxylation is 1. The molecule has 0 spiro atoms. The number of nitrogens with zero attached hydrogens (tertiary/aromatic N) is 1. The fraction of sp³-hybridized carbons (Fsp3) is 0.318. The quantitative estimate of drug-likeness (QED) is 0.434. The van der Waals surface area contributed by atoms with Crippen LogP contribution in [0.4, 0.5) is 5.69 Å². The lowest BCUT2D eigenvalue weighted by Crippen LogP contribution is -2.26. The molecule has 1 fully saturated rings. The van der Waals surface area contributed by atoms with Crippen molar-refractivity contribution in [1.29, 1.82) is 0 Å². The molecule has 0 unspecified atom stereocenters. The molecule has 0 radical (unpaired) electrons. The van der Waals surface area contributed by atoms with E-state index >= 15 is 0 Å². The van der Waals surface area contributed by atoms with Crippen LogP contribution in [0.2, 0.25) is 0 Å². The maximum Gasteiger partial charge on any atom is 0.140 e. The molecule has 1 aromatic carbocycles. The van der Waals surface area contributed by atoms with Crippen molar-refractivity contribution in [1.82, 2.24) is 20.3 Å². The summed E-state index contributed by atoms with van der Waals surface area (Å²) in [6.07, 6.45) is 6.30. The second kappa shape index (κ2) is 6.43. The number of aromatic amines is 2. The molecule has 27 heavy (non-hydrogen) atoms. The molecule has 1 aliphatic heterocycles. The molecular weight excluding hydrogens is 334 g/mol. The fourth-order valence-corrected chi connectivity index (χ4v) is 4.48. The van der Waals surface area contributed by atoms with Gasteiger partial charge in [-0.1, -0.05) is 6.07 Å². The van der Waals surface area contributed by atoms with Crippen LogP contribution < -0.4 is 10.6 Å². The van der Waals surface area contributed by atoms with E-state index in [-0.39, 0.29) is 0 Å². The van der Waals surface area contributed by atoms with Crippen molar-refractivity contribution < 1.29 is 0 Å². The minimum Gasteiger partial charge on any atom is -0.386 e. The van der Waals surface area contributed by atoms with Crippen molar-refractivity contribution in [3.8, 4) is 11.3 Å². The zero-order valence-electron chi connectivity index (χ0n) is 15.8. The number of benzene rings is 1. The molecule has 1 saturated heterocycles. The summed E-state index contributed by atoms with van der Waals surface area (Å²) in [7, 11) is 1.95. The molecule has 0 aliphatic carbocycles. The highest BCUT2D eigenvalue weighted by Gasteiger charge is 2.19. The van der Waals surface area contributed by atoms with Crippen molar-refractivity contribution in [3.63, 3.8) is 0 Å². The number of anilines is 1. The molecule has 138 valence electrons. The first-order chi connectivity index (χ1) is 13.3. The molecule has 5 rings (SSSR count). The van der Waals surface area contributed by atoms with Gasteiger partial charge in [-0.25, -0.2) is 4.98 Å². The lowest BCUT2D eigenvalue weighted by molar-refractivity contribution is 0.460. The lowest BCUT2D eigenvalue weighted by Gasteiger charge is -2.23. The van der Waals surface area contributed by atoms with Crippen LogP contribution >= 0.6 is 0 Å². The molecule has 1 aliphatic rings. The summed E-state index contributed by atoms with van der Waals surface area (Å²) in [5, 5.41) is 9.20. The maximum absolute atomic E-state index is 4.48. The van der Waals surface area contributed by atoms with Crippen LogP contribution in [0.15, 0.2) is 36.7 Å². The number of nitrogens with one attached hydrogen (secondary N) is 4. The summed E-state index contributed by atoms with van der Waals surface area (Å²) in [4.78, 5) is 11.4. The van der Waals surface area contributed by atoms with Crippen molar-refractivity contribution in [2.45, 2.75) is 25.7 Å². The Morgan fingerprint density at radius 1 is 1.15 bits per heavy atom. The van der Waals surface area contributed by atoms with E-state index in [4.69, 9.17) is 0 Å². The smallest absolute Gasteiger partial charge is 0.140 e. The Bertz CT molecular complexity index is 1110. The van der Waals surface area contributed by atoms with Gasteiger partial charge < -0.3 is 20.6 Å². The summed E-state index contributed by atoms with van der Waals surface area (Å²) in [5.41, 5.74) is 8.31. The minimum atomic E-state index is 0.668. The van der Waals surface area contributed by atoms with Gasteiger partial charge in [0.25, 0.3) is 0 Å². The van der Waals surface area contributed by atoms with Gasteiger partial charge >= 0.3 is 0 Å². The molecule has 0 atom stereocenters. The Hall–Kier alpha value is -2.79. The van der Waals surface area contributed by atoms with Crippen molar-refractivity contribution in [2.75, 3.05) is 25.5 Å². The highest BCUT2D eigenvalue weighted by atomic mass is 14.9. The number of H-pyrrole nitrogens is 2. The monoisotopic (exact) mass is 359 g/mol. The number of hydrogen-bond donors (Lipinski definition) is 4. The Balaban J connectivity index is 1.66. The van der Waals surface area contributed by atoms with Crippen LogP contribution in [0.3, 0.4) is 0 Å². The van der Waals surface area contributed by atoms with Crippen molar-refractivity contribution in [3.05, 3.63) is 47.8 Å². The summed E-state index contributed by atoms with van der Waals surface area (Å²) in [6, 6.07) is 9.05. The van der Waals surface area contributed by atoms with Gasteiger partial charge in [0.2, 0.25) is 0 Å². The largest absolute Gasteiger partial charge is 0.386 e. The standard InChI is InChI=1S/C22H25N5/c1-13-17-11-15(14-5-8-24-9-6-14)3-4-18(17)27-21(13)16-7-10-25-22-20(16)19(23-2)12-26-22/h3-4,7,10-12,14,23-24,27H,5-6,8-9H2,1-2H3,(H,25,26). The molecular formula is C22H25N5. The first kappa shape index (κ1) is 16.4. The predicted octanol–water partition coefficient (Wildman–Crippen LogP) is 4.53. The number of pyridine rings is 1. The normalized spacial score (nSPS) is 15.6. The van der Waals surface area contributed by atoms with E-state index in [1.54, 1.807) is 0 Å². The van der Waals surface area contributed by atoms with E-state index in [1.807, 2.05) is 19.4 Å². The van der Waals surface area contributed by atoms with Crippen LogP contribution in [0.25, 0.3) is 33.2 Å². The van der Waals surface area contributed by atoms with Crippen molar-refractivity contribution in [2.24, 2.45) is 0 Å². The highest BCUT2D eigenvalue weighted by Crippen LogP contribution is 2.38. The zero-order chi connectivity index (χ0) is 18.4. The molecule has 4 N–H and O–H groups in total. The van der Waals surface area contributed by atoms with Gasteiger partial charge in [-0.15, -0.1) is 0 Å². The number of rotatable bonds is 3. The number of aromatic nitrogens is 3. The second-order valence-electron chi connectivity index (χ2n) is 7.49. The third kappa shape index (κ3) is 2.61. The maximum atomic E-state index is 4.48. The topological polar surface area (TPSA) is 68.5 Å². The lowest BCUT2D eigenvalue weighted by atomic mass is 9.89. The van der Waals surface area contributed by atoms with Crippen LogP contribution in [0.1, 0.15) is 29.9 Å². The minimum absolute atomic E-state index is 0.668. The summed E-state index contributed by atoms with van der Waals surface area (Å²) < 4.78 is 0. The average molecular weight is 359 g/mol. The van der Waals surface area contributed by atoms with Crippen molar-refractivity contribution >= 4 is 27.6 Å². The van der Waals surface area contributed by atoms with Crippen LogP contribution in [0.5, 0.6) is 0 Å². The average Bonchev–Trinajstić information content (AvgIpc) is 3.29.